The first-order valence-electron chi connectivity index (χ1n) is 5.70. The van der Waals surface area contributed by atoms with Crippen LogP contribution in [0.5, 0.6) is 0 Å². The van der Waals surface area contributed by atoms with E-state index in [4.69, 9.17) is 0 Å². The highest BCUT2D eigenvalue weighted by Gasteiger charge is 2.74. The van der Waals surface area contributed by atoms with E-state index < -0.39 is 17.3 Å². The smallest absolute Gasteiger partial charge is 0.258 e. The maximum atomic E-state index is 13.4. The van der Waals surface area contributed by atoms with Gasteiger partial charge in [0.1, 0.15) is 12.1 Å². The van der Waals surface area contributed by atoms with Gasteiger partial charge < -0.3 is 5.32 Å². The van der Waals surface area contributed by atoms with Gasteiger partial charge in [0, 0.05) is 12.0 Å². The van der Waals surface area contributed by atoms with E-state index in [1.807, 2.05) is 0 Å². The number of nitrogens with zero attached hydrogens (tertiary/aromatic N) is 3. The number of anilines is 1. The number of rotatable bonds is 3. The van der Waals surface area contributed by atoms with Crippen molar-refractivity contribution in [3.63, 3.8) is 0 Å². The summed E-state index contributed by atoms with van der Waals surface area (Å²) in [7, 11) is 0. The number of H-pyrrole nitrogens is 1. The minimum atomic E-state index is -2.61. The molecule has 2 heterocycles. The average molecular weight is 253 g/mol. The molecule has 3 rings (SSSR count). The molecule has 1 aliphatic rings. The van der Waals surface area contributed by atoms with Crippen LogP contribution < -0.4 is 5.32 Å². The second-order valence-corrected chi connectivity index (χ2v) is 5.13. The summed E-state index contributed by atoms with van der Waals surface area (Å²) in [6.07, 6.45) is 2.95. The lowest BCUT2D eigenvalue weighted by molar-refractivity contribution is 0.0678. The van der Waals surface area contributed by atoms with E-state index in [2.05, 4.69) is 25.5 Å². The van der Waals surface area contributed by atoms with Gasteiger partial charge in [-0.05, 0) is 0 Å². The second kappa shape index (κ2) is 3.37. The summed E-state index contributed by atoms with van der Waals surface area (Å²) < 4.78 is 26.9. The van der Waals surface area contributed by atoms with Crippen molar-refractivity contribution in [2.45, 2.75) is 19.8 Å². The van der Waals surface area contributed by atoms with Crippen LogP contribution in [-0.2, 0) is 0 Å². The molecular formula is C11H13F2N5. The zero-order chi connectivity index (χ0) is 13.0. The number of nitrogens with one attached hydrogen (secondary N) is 2. The number of aromatic nitrogens is 4. The first kappa shape index (κ1) is 11.3. The monoisotopic (exact) mass is 253 g/mol. The highest BCUT2D eigenvalue weighted by Crippen LogP contribution is 2.65. The van der Waals surface area contributed by atoms with Gasteiger partial charge in [-0.25, -0.2) is 18.7 Å². The molecule has 2 aromatic heterocycles. The third kappa shape index (κ3) is 1.39. The van der Waals surface area contributed by atoms with Crippen LogP contribution in [0.25, 0.3) is 11.0 Å². The van der Waals surface area contributed by atoms with E-state index in [1.165, 1.54) is 6.33 Å². The number of alkyl halides is 2. The van der Waals surface area contributed by atoms with E-state index in [0.29, 0.717) is 16.9 Å². The number of hydrogen-bond donors (Lipinski definition) is 2. The Morgan fingerprint density at radius 1 is 1.39 bits per heavy atom. The third-order valence-corrected chi connectivity index (χ3v) is 3.81. The molecule has 5 nitrogen and oxygen atoms in total. The molecule has 0 amide bonds. The van der Waals surface area contributed by atoms with Crippen LogP contribution in [0.4, 0.5) is 14.6 Å². The molecule has 1 fully saturated rings. The molecule has 7 heteroatoms. The Morgan fingerprint density at radius 3 is 2.78 bits per heavy atom. The van der Waals surface area contributed by atoms with Crippen molar-refractivity contribution in [3.8, 4) is 0 Å². The Balaban J connectivity index is 1.77. The van der Waals surface area contributed by atoms with Crippen LogP contribution in [-0.4, -0.2) is 32.6 Å². The molecular weight excluding hydrogens is 240 g/mol. The minimum Gasteiger partial charge on any atom is -0.369 e. The van der Waals surface area contributed by atoms with Crippen molar-refractivity contribution in [2.24, 2.45) is 11.3 Å². The van der Waals surface area contributed by atoms with Gasteiger partial charge in [0.25, 0.3) is 5.92 Å². The van der Waals surface area contributed by atoms with Crippen LogP contribution in [0.15, 0.2) is 12.5 Å². The lowest BCUT2D eigenvalue weighted by Gasteiger charge is -2.05. The Labute approximate surface area is 102 Å². The molecule has 0 radical (unpaired) electrons. The second-order valence-electron chi connectivity index (χ2n) is 5.13. The molecule has 0 aliphatic heterocycles. The molecule has 18 heavy (non-hydrogen) atoms. The van der Waals surface area contributed by atoms with Crippen molar-refractivity contribution < 1.29 is 8.78 Å². The van der Waals surface area contributed by atoms with E-state index in [9.17, 15) is 8.78 Å². The summed E-state index contributed by atoms with van der Waals surface area (Å²) in [5.41, 5.74) is -0.350. The van der Waals surface area contributed by atoms with Gasteiger partial charge in [-0.3, -0.25) is 5.10 Å². The summed E-state index contributed by atoms with van der Waals surface area (Å²) in [5, 5.41) is 10.2. The van der Waals surface area contributed by atoms with Crippen LogP contribution in [0.2, 0.25) is 0 Å². The highest BCUT2D eigenvalue weighted by atomic mass is 19.3. The topological polar surface area (TPSA) is 66.5 Å². The Kier molecular flexibility index (Phi) is 2.11. The average Bonchev–Trinajstić information content (AvgIpc) is 2.71. The van der Waals surface area contributed by atoms with Gasteiger partial charge in [-0.15, -0.1) is 0 Å². The zero-order valence-electron chi connectivity index (χ0n) is 10.0. The Bertz CT molecular complexity index is 578. The van der Waals surface area contributed by atoms with E-state index in [0.717, 1.165) is 0 Å². The van der Waals surface area contributed by atoms with Crippen LogP contribution in [0, 0.1) is 11.3 Å². The highest BCUT2D eigenvalue weighted by molar-refractivity contribution is 5.85. The van der Waals surface area contributed by atoms with Gasteiger partial charge >= 0.3 is 0 Å². The first-order chi connectivity index (χ1) is 8.44. The van der Waals surface area contributed by atoms with E-state index >= 15 is 0 Å². The van der Waals surface area contributed by atoms with Crippen LogP contribution in [0.1, 0.15) is 13.8 Å². The Hall–Kier alpha value is -1.79. The summed E-state index contributed by atoms with van der Waals surface area (Å²) in [6.45, 7) is 3.34. The lowest BCUT2D eigenvalue weighted by Crippen LogP contribution is -2.10. The molecule has 2 aromatic rings. The van der Waals surface area contributed by atoms with Crippen LogP contribution in [0.3, 0.4) is 0 Å². The lowest BCUT2D eigenvalue weighted by atomic mass is 10.1. The van der Waals surface area contributed by atoms with Crippen molar-refractivity contribution in [1.82, 2.24) is 20.2 Å². The van der Waals surface area contributed by atoms with Crippen molar-refractivity contribution in [2.75, 3.05) is 11.9 Å². The van der Waals surface area contributed by atoms with Gasteiger partial charge in [0.05, 0.1) is 17.5 Å². The van der Waals surface area contributed by atoms with E-state index in [1.54, 1.807) is 20.0 Å². The van der Waals surface area contributed by atoms with Gasteiger partial charge in [0.2, 0.25) is 0 Å². The minimum absolute atomic E-state index is 0.192. The van der Waals surface area contributed by atoms with Gasteiger partial charge in [0.15, 0.2) is 5.65 Å². The number of aromatic amines is 1. The third-order valence-electron chi connectivity index (χ3n) is 3.81. The summed E-state index contributed by atoms with van der Waals surface area (Å²) >= 11 is 0. The molecule has 0 saturated heterocycles. The molecule has 0 spiro atoms. The Morgan fingerprint density at radius 2 is 2.11 bits per heavy atom. The summed E-state index contributed by atoms with van der Waals surface area (Å²) in [6, 6.07) is 0. The number of halogens is 2. The molecule has 1 saturated carbocycles. The number of hydrogen-bond acceptors (Lipinski definition) is 4. The van der Waals surface area contributed by atoms with Crippen LogP contribution >= 0.6 is 0 Å². The summed E-state index contributed by atoms with van der Waals surface area (Å²) in [5.74, 6) is -2.74. The SMILES string of the molecule is CC1(C)C(CNc2ncnc3[nH]ncc23)C1(F)F. The fourth-order valence-corrected chi connectivity index (χ4v) is 2.25. The maximum absolute atomic E-state index is 13.4. The molecule has 0 aromatic carbocycles. The van der Waals surface area contributed by atoms with E-state index in [-0.39, 0.29) is 6.54 Å². The molecule has 2 N–H and O–H groups in total. The zero-order valence-corrected chi connectivity index (χ0v) is 10.0. The molecule has 1 aliphatic carbocycles. The van der Waals surface area contributed by atoms with Crippen molar-refractivity contribution >= 4 is 16.9 Å². The van der Waals surface area contributed by atoms with Crippen molar-refractivity contribution in [3.05, 3.63) is 12.5 Å². The van der Waals surface area contributed by atoms with Crippen molar-refractivity contribution in [1.29, 1.82) is 0 Å². The van der Waals surface area contributed by atoms with Gasteiger partial charge in [-0.1, -0.05) is 13.8 Å². The standard InChI is InChI=1S/C11H13F2N5/c1-10(2)7(11(10,12)13)4-14-8-6-3-17-18-9(6)16-5-15-8/h3,5,7H,4H2,1-2H3,(H2,14,15,16,17,18). The predicted molar refractivity (Wildman–Crippen MR) is 62.4 cm³/mol. The molecule has 1 unspecified atom stereocenters. The molecule has 0 bridgehead atoms. The molecule has 1 atom stereocenters. The normalized spacial score (nSPS) is 24.1. The number of fused-ring (bicyclic) bond motifs is 1. The largest absolute Gasteiger partial charge is 0.369 e. The maximum Gasteiger partial charge on any atom is 0.258 e. The predicted octanol–water partition coefficient (Wildman–Crippen LogP) is 2.06. The molecule has 96 valence electrons. The summed E-state index contributed by atoms with van der Waals surface area (Å²) in [4.78, 5) is 8.03. The quantitative estimate of drug-likeness (QED) is 0.878. The van der Waals surface area contributed by atoms with Gasteiger partial charge in [-0.2, -0.15) is 5.10 Å². The first-order valence-corrected chi connectivity index (χ1v) is 5.70. The fraction of sp³-hybridized carbons (Fsp3) is 0.545. The fourth-order valence-electron chi connectivity index (χ4n) is 2.25.